The van der Waals surface area contributed by atoms with Crippen molar-refractivity contribution in [2.24, 2.45) is 28.6 Å². The molecule has 4 aliphatic carbocycles. The second-order valence-corrected chi connectivity index (χ2v) is 12.8. The largest absolute Gasteiger partial charge is 0.458 e. The van der Waals surface area contributed by atoms with E-state index in [9.17, 15) is 14.4 Å². The molecule has 176 valence electrons. The van der Waals surface area contributed by atoms with Gasteiger partial charge in [0.1, 0.15) is 11.7 Å². The van der Waals surface area contributed by atoms with E-state index in [1.54, 1.807) is 6.92 Å². The number of carbonyl (C=O) groups excluding carboxylic acids is 3. The van der Waals surface area contributed by atoms with Crippen LogP contribution in [-0.2, 0) is 23.9 Å². The zero-order valence-electron chi connectivity index (χ0n) is 19.8. The molecule has 8 atom stereocenters. The molecule has 3 saturated carbocycles. The molecule has 1 spiro atoms. The van der Waals surface area contributed by atoms with Crippen LogP contribution < -0.4 is 0 Å². The van der Waals surface area contributed by atoms with Crippen LogP contribution in [0.15, 0.2) is 11.6 Å². The number of carbonyl (C=O) groups is 3. The van der Waals surface area contributed by atoms with Crippen molar-refractivity contribution >= 4 is 28.8 Å². The molecule has 0 aromatic rings. The fourth-order valence-corrected chi connectivity index (χ4v) is 9.80. The summed E-state index contributed by atoms with van der Waals surface area (Å²) >= 11 is 1.51. The summed E-state index contributed by atoms with van der Waals surface area (Å²) < 4.78 is 11.6. The normalized spacial score (nSPS) is 47.2. The van der Waals surface area contributed by atoms with E-state index >= 15 is 0 Å². The van der Waals surface area contributed by atoms with Gasteiger partial charge < -0.3 is 9.47 Å². The van der Waals surface area contributed by atoms with E-state index in [0.717, 1.165) is 51.4 Å². The smallest absolute Gasteiger partial charge is 0.306 e. The Balaban J connectivity index is 1.51. The van der Waals surface area contributed by atoms with Gasteiger partial charge >= 0.3 is 11.9 Å². The first-order chi connectivity index (χ1) is 15.1. The summed E-state index contributed by atoms with van der Waals surface area (Å²) in [7, 11) is 0. The molecule has 0 unspecified atom stereocenters. The van der Waals surface area contributed by atoms with Crippen LogP contribution in [0.4, 0.5) is 0 Å². The van der Waals surface area contributed by atoms with Gasteiger partial charge in [0, 0.05) is 30.9 Å². The van der Waals surface area contributed by atoms with Crippen LogP contribution in [0.5, 0.6) is 0 Å². The Morgan fingerprint density at radius 1 is 1.06 bits per heavy atom. The molecule has 1 aliphatic heterocycles. The highest BCUT2D eigenvalue weighted by Crippen LogP contribution is 2.70. The maximum Gasteiger partial charge on any atom is 0.306 e. The van der Waals surface area contributed by atoms with Gasteiger partial charge in [0.05, 0.1) is 0 Å². The molecule has 5 rings (SSSR count). The highest BCUT2D eigenvalue weighted by Gasteiger charge is 2.68. The molecule has 0 aromatic heterocycles. The summed E-state index contributed by atoms with van der Waals surface area (Å²) in [5, 5.41) is 0.419. The fourth-order valence-electron chi connectivity index (χ4n) is 8.57. The van der Waals surface area contributed by atoms with E-state index in [-0.39, 0.29) is 44.8 Å². The molecule has 1 saturated heterocycles. The van der Waals surface area contributed by atoms with Crippen LogP contribution in [0, 0.1) is 28.6 Å². The molecular weight excluding hydrogens is 424 g/mol. The maximum atomic E-state index is 12.3. The van der Waals surface area contributed by atoms with Gasteiger partial charge in [-0.05, 0) is 80.6 Å². The molecule has 6 heteroatoms. The van der Waals surface area contributed by atoms with Crippen molar-refractivity contribution in [1.82, 2.24) is 0 Å². The number of ether oxygens (including phenoxy) is 2. The van der Waals surface area contributed by atoms with Crippen molar-refractivity contribution in [2.45, 2.75) is 102 Å². The van der Waals surface area contributed by atoms with Crippen LogP contribution in [0.3, 0.4) is 0 Å². The van der Waals surface area contributed by atoms with Crippen molar-refractivity contribution in [3.63, 3.8) is 0 Å². The standard InChI is InChI=1S/C26H36O5S/c1-15(27)30-18-5-9-24(3)17(13-18)14-21(32-16(2)28)23-19(24)6-10-25(4)20(23)7-11-26(25)12-8-22(29)31-26/h13,18-21,23H,5-12,14H2,1-4H3/t18-,19-,20+,21+,23+,24-,25-,26+/m0/s1. The maximum absolute atomic E-state index is 12.3. The first kappa shape index (κ1) is 22.5. The van der Waals surface area contributed by atoms with E-state index < -0.39 is 0 Å². The van der Waals surface area contributed by atoms with E-state index in [2.05, 4.69) is 19.9 Å². The van der Waals surface area contributed by atoms with Gasteiger partial charge in [0.2, 0.25) is 0 Å². The minimum Gasteiger partial charge on any atom is -0.458 e. The van der Waals surface area contributed by atoms with E-state index in [4.69, 9.17) is 9.47 Å². The van der Waals surface area contributed by atoms with Crippen molar-refractivity contribution in [3.8, 4) is 0 Å². The molecule has 0 amide bonds. The first-order valence-corrected chi connectivity index (χ1v) is 13.2. The lowest BCUT2D eigenvalue weighted by Crippen LogP contribution is -2.58. The van der Waals surface area contributed by atoms with Gasteiger partial charge in [-0.15, -0.1) is 0 Å². The van der Waals surface area contributed by atoms with Crippen LogP contribution >= 0.6 is 11.8 Å². The SMILES string of the molecule is CC(=O)O[C@@H]1C=C2C[C@@H](SC(C)=O)[C@H]3[C@H]4CC[C@@]5(CCC(=O)O5)[C@@]4(C)CC[C@@H]3[C@@]2(C)CC1. The molecule has 0 bridgehead atoms. The number of hydrogen-bond acceptors (Lipinski definition) is 6. The summed E-state index contributed by atoms with van der Waals surface area (Å²) in [6.07, 6.45) is 10.5. The van der Waals surface area contributed by atoms with E-state index in [1.165, 1.54) is 24.3 Å². The van der Waals surface area contributed by atoms with Gasteiger partial charge in [-0.2, -0.15) is 0 Å². The minimum atomic E-state index is -0.296. The van der Waals surface area contributed by atoms with Crippen molar-refractivity contribution < 1.29 is 23.9 Å². The second kappa shape index (κ2) is 7.61. The Morgan fingerprint density at radius 3 is 2.47 bits per heavy atom. The average molecular weight is 461 g/mol. The monoisotopic (exact) mass is 460 g/mol. The quantitative estimate of drug-likeness (QED) is 0.416. The highest BCUT2D eigenvalue weighted by atomic mass is 32.2. The molecule has 0 N–H and O–H groups in total. The lowest BCUT2D eigenvalue weighted by Gasteiger charge is -2.61. The summed E-state index contributed by atoms with van der Waals surface area (Å²) in [6, 6.07) is 0. The predicted molar refractivity (Wildman–Crippen MR) is 123 cm³/mol. The van der Waals surface area contributed by atoms with Crippen molar-refractivity contribution in [2.75, 3.05) is 0 Å². The molecule has 32 heavy (non-hydrogen) atoms. The number of hydrogen-bond donors (Lipinski definition) is 0. The third-order valence-electron chi connectivity index (χ3n) is 10.0. The zero-order chi connectivity index (χ0) is 22.9. The number of fused-ring (bicyclic) bond motifs is 6. The Bertz CT molecular complexity index is 881. The third kappa shape index (κ3) is 3.22. The van der Waals surface area contributed by atoms with Gasteiger partial charge in [0.15, 0.2) is 5.12 Å². The van der Waals surface area contributed by atoms with Crippen LogP contribution in [0.2, 0.25) is 0 Å². The Morgan fingerprint density at radius 2 is 1.81 bits per heavy atom. The van der Waals surface area contributed by atoms with Crippen LogP contribution in [-0.4, -0.2) is 34.0 Å². The second-order valence-electron chi connectivity index (χ2n) is 11.4. The zero-order valence-corrected chi connectivity index (χ0v) is 20.6. The van der Waals surface area contributed by atoms with Crippen molar-refractivity contribution in [3.05, 3.63) is 11.6 Å². The number of thioether (sulfide) groups is 1. The molecular formula is C26H36O5S. The molecule has 4 fully saturated rings. The Hall–Kier alpha value is -1.30. The minimum absolute atomic E-state index is 0.00243. The molecule has 5 nitrogen and oxygen atoms in total. The molecule has 5 aliphatic rings. The van der Waals surface area contributed by atoms with Crippen LogP contribution in [0.25, 0.3) is 0 Å². The highest BCUT2D eigenvalue weighted by molar-refractivity contribution is 8.14. The average Bonchev–Trinajstić information content (AvgIpc) is 3.22. The Kier molecular flexibility index (Phi) is 5.35. The van der Waals surface area contributed by atoms with E-state index in [0.29, 0.717) is 24.2 Å². The predicted octanol–water partition coefficient (Wildman–Crippen LogP) is 5.21. The van der Waals surface area contributed by atoms with Gasteiger partial charge in [-0.25, -0.2) is 0 Å². The van der Waals surface area contributed by atoms with Crippen molar-refractivity contribution in [1.29, 1.82) is 0 Å². The van der Waals surface area contributed by atoms with Crippen LogP contribution in [0.1, 0.15) is 85.5 Å². The first-order valence-electron chi connectivity index (χ1n) is 12.4. The van der Waals surface area contributed by atoms with Gasteiger partial charge in [0.25, 0.3) is 0 Å². The van der Waals surface area contributed by atoms with E-state index in [1.807, 2.05) is 0 Å². The number of rotatable bonds is 2. The number of esters is 2. The molecule has 0 radical (unpaired) electrons. The lowest BCUT2D eigenvalue weighted by atomic mass is 9.46. The lowest BCUT2D eigenvalue weighted by molar-refractivity contribution is -0.167. The van der Waals surface area contributed by atoms with Gasteiger partial charge in [-0.1, -0.05) is 31.2 Å². The summed E-state index contributed by atoms with van der Waals surface area (Å²) in [6.45, 7) is 7.95. The molecule has 0 aromatic carbocycles. The summed E-state index contributed by atoms with van der Waals surface area (Å²) in [5.74, 6) is 1.19. The fraction of sp³-hybridized carbons (Fsp3) is 0.808. The van der Waals surface area contributed by atoms with Gasteiger partial charge in [-0.3, -0.25) is 14.4 Å². The summed E-state index contributed by atoms with van der Waals surface area (Å²) in [4.78, 5) is 36.0. The molecule has 1 heterocycles. The summed E-state index contributed by atoms with van der Waals surface area (Å²) in [5.41, 5.74) is 1.19. The topological polar surface area (TPSA) is 69.7 Å². The Labute approximate surface area is 195 Å². The third-order valence-corrected chi connectivity index (χ3v) is 11.2. The number of allylic oxidation sites excluding steroid dienone is 1.